The van der Waals surface area contributed by atoms with Gasteiger partial charge in [-0.25, -0.2) is 8.78 Å². The summed E-state index contributed by atoms with van der Waals surface area (Å²) in [6, 6.07) is 3.50. The molecule has 0 saturated carbocycles. The standard InChI is InChI=1S/C9H8F2NO/c10-7-2-1-3-8(11)6(7)4-5-9(12)13/h1-4H,5H2,(H2,12,13). The summed E-state index contributed by atoms with van der Waals surface area (Å²) in [6.07, 6.45) is 0.963. The molecule has 1 aromatic rings. The van der Waals surface area contributed by atoms with Crippen molar-refractivity contribution < 1.29 is 13.6 Å². The molecule has 13 heavy (non-hydrogen) atoms. The molecule has 0 fully saturated rings. The van der Waals surface area contributed by atoms with Crippen LogP contribution in [0.4, 0.5) is 8.78 Å². The van der Waals surface area contributed by atoms with Gasteiger partial charge in [-0.15, -0.1) is 0 Å². The average molecular weight is 184 g/mol. The van der Waals surface area contributed by atoms with Crippen LogP contribution in [0.25, 0.3) is 0 Å². The molecule has 2 N–H and O–H groups in total. The molecule has 0 atom stereocenters. The van der Waals surface area contributed by atoms with Crippen LogP contribution in [0.5, 0.6) is 0 Å². The molecule has 0 spiro atoms. The SMILES string of the molecule is NC(=O)C[CH]c1c(F)cccc1F. The Morgan fingerprint density at radius 3 is 2.38 bits per heavy atom. The van der Waals surface area contributed by atoms with Crippen molar-refractivity contribution in [1.29, 1.82) is 0 Å². The molecule has 0 bridgehead atoms. The molecule has 1 radical (unpaired) electrons. The molecule has 69 valence electrons. The Morgan fingerprint density at radius 1 is 1.38 bits per heavy atom. The Labute approximate surface area is 74.4 Å². The number of hydrogen-bond acceptors (Lipinski definition) is 1. The van der Waals surface area contributed by atoms with E-state index in [0.717, 1.165) is 18.6 Å². The van der Waals surface area contributed by atoms with Gasteiger partial charge in [-0.05, 0) is 12.1 Å². The third-order valence-corrected chi connectivity index (χ3v) is 1.51. The predicted octanol–water partition coefficient (Wildman–Crippen LogP) is 1.39. The Morgan fingerprint density at radius 2 is 1.92 bits per heavy atom. The smallest absolute Gasteiger partial charge is 0.218 e. The number of carbonyl (C=O) groups excluding carboxylic acids is 1. The monoisotopic (exact) mass is 184 g/mol. The number of nitrogens with two attached hydrogens (primary N) is 1. The van der Waals surface area contributed by atoms with Crippen molar-refractivity contribution >= 4 is 5.91 Å². The van der Waals surface area contributed by atoms with E-state index in [4.69, 9.17) is 5.73 Å². The van der Waals surface area contributed by atoms with Crippen LogP contribution in [-0.2, 0) is 4.79 Å². The number of hydrogen-bond donors (Lipinski definition) is 1. The quantitative estimate of drug-likeness (QED) is 0.757. The molecule has 0 heterocycles. The summed E-state index contributed by atoms with van der Waals surface area (Å²) in [6.45, 7) is 0. The third-order valence-electron chi connectivity index (χ3n) is 1.51. The van der Waals surface area contributed by atoms with E-state index < -0.39 is 17.5 Å². The maximum atomic E-state index is 12.9. The molecule has 2 nitrogen and oxygen atoms in total. The van der Waals surface area contributed by atoms with Gasteiger partial charge in [-0.1, -0.05) is 6.07 Å². The highest BCUT2D eigenvalue weighted by molar-refractivity contribution is 5.75. The predicted molar refractivity (Wildman–Crippen MR) is 43.6 cm³/mol. The molecule has 0 aliphatic heterocycles. The van der Waals surface area contributed by atoms with Crippen molar-refractivity contribution in [1.82, 2.24) is 0 Å². The van der Waals surface area contributed by atoms with E-state index in [1.807, 2.05) is 0 Å². The fourth-order valence-electron chi connectivity index (χ4n) is 0.908. The zero-order valence-electron chi connectivity index (χ0n) is 6.76. The van der Waals surface area contributed by atoms with E-state index in [1.54, 1.807) is 0 Å². The molecule has 0 aromatic heterocycles. The molecule has 4 heteroatoms. The Hall–Kier alpha value is -1.45. The van der Waals surface area contributed by atoms with Gasteiger partial charge in [0.25, 0.3) is 0 Å². The lowest BCUT2D eigenvalue weighted by molar-refractivity contribution is -0.117. The van der Waals surface area contributed by atoms with Gasteiger partial charge in [0.05, 0.1) is 0 Å². The number of rotatable bonds is 3. The molecular formula is C9H8F2NO. The van der Waals surface area contributed by atoms with Crippen LogP contribution < -0.4 is 5.73 Å². The van der Waals surface area contributed by atoms with Crippen molar-refractivity contribution in [2.24, 2.45) is 5.73 Å². The normalized spacial score (nSPS) is 10.0. The minimum absolute atomic E-state index is 0.169. The summed E-state index contributed by atoms with van der Waals surface area (Å²) in [5.74, 6) is -2.01. The Kier molecular flexibility index (Phi) is 2.95. The first-order chi connectivity index (χ1) is 6.11. The fraction of sp³-hybridized carbons (Fsp3) is 0.111. The summed E-state index contributed by atoms with van der Waals surface area (Å²) >= 11 is 0. The number of carbonyl (C=O) groups is 1. The largest absolute Gasteiger partial charge is 0.370 e. The van der Waals surface area contributed by atoms with Gasteiger partial charge >= 0.3 is 0 Å². The van der Waals surface area contributed by atoms with Gasteiger partial charge in [-0.2, -0.15) is 0 Å². The molecular weight excluding hydrogens is 176 g/mol. The average Bonchev–Trinajstić information content (AvgIpc) is 2.03. The van der Waals surface area contributed by atoms with E-state index in [-0.39, 0.29) is 12.0 Å². The molecule has 1 rings (SSSR count). The van der Waals surface area contributed by atoms with E-state index >= 15 is 0 Å². The fourth-order valence-corrected chi connectivity index (χ4v) is 0.908. The van der Waals surface area contributed by atoms with Crippen LogP contribution >= 0.6 is 0 Å². The summed E-state index contributed by atoms with van der Waals surface area (Å²) in [4.78, 5) is 10.3. The maximum Gasteiger partial charge on any atom is 0.218 e. The molecule has 0 aliphatic carbocycles. The minimum atomic E-state index is -0.693. The summed E-state index contributed by atoms with van der Waals surface area (Å²) in [5, 5.41) is 0. The van der Waals surface area contributed by atoms with Gasteiger partial charge in [0.1, 0.15) is 11.6 Å². The lowest BCUT2D eigenvalue weighted by Crippen LogP contribution is -2.11. The van der Waals surface area contributed by atoms with Crippen molar-refractivity contribution in [2.45, 2.75) is 6.42 Å². The van der Waals surface area contributed by atoms with Crippen LogP contribution in [-0.4, -0.2) is 5.91 Å². The third kappa shape index (κ3) is 2.50. The lowest BCUT2D eigenvalue weighted by atomic mass is 10.1. The van der Waals surface area contributed by atoms with Gasteiger partial charge in [0.15, 0.2) is 0 Å². The summed E-state index contributed by atoms with van der Waals surface area (Å²) < 4.78 is 25.8. The molecule has 1 amide bonds. The zero-order valence-corrected chi connectivity index (χ0v) is 6.76. The molecule has 1 aromatic carbocycles. The van der Waals surface area contributed by atoms with E-state index in [2.05, 4.69) is 0 Å². The second-order valence-corrected chi connectivity index (χ2v) is 2.51. The second kappa shape index (κ2) is 3.98. The van der Waals surface area contributed by atoms with Crippen molar-refractivity contribution in [3.8, 4) is 0 Å². The first-order valence-electron chi connectivity index (χ1n) is 3.67. The van der Waals surface area contributed by atoms with Crippen molar-refractivity contribution in [3.05, 3.63) is 41.8 Å². The van der Waals surface area contributed by atoms with Crippen LogP contribution in [0.2, 0.25) is 0 Å². The lowest BCUT2D eigenvalue weighted by Gasteiger charge is -2.01. The number of benzene rings is 1. The van der Waals surface area contributed by atoms with E-state index in [0.29, 0.717) is 0 Å². The van der Waals surface area contributed by atoms with Crippen LogP contribution in [0.15, 0.2) is 18.2 Å². The highest BCUT2D eigenvalue weighted by Crippen LogP contribution is 2.15. The first kappa shape index (κ1) is 9.64. The Balaban J connectivity index is 2.81. The second-order valence-electron chi connectivity index (χ2n) is 2.51. The number of halogens is 2. The van der Waals surface area contributed by atoms with Crippen LogP contribution in [0.1, 0.15) is 12.0 Å². The van der Waals surface area contributed by atoms with Crippen molar-refractivity contribution in [3.63, 3.8) is 0 Å². The van der Waals surface area contributed by atoms with E-state index in [9.17, 15) is 13.6 Å². The zero-order chi connectivity index (χ0) is 9.84. The van der Waals surface area contributed by atoms with Gasteiger partial charge in [0, 0.05) is 18.4 Å². The van der Waals surface area contributed by atoms with Crippen molar-refractivity contribution in [2.75, 3.05) is 0 Å². The van der Waals surface area contributed by atoms with Gasteiger partial charge in [-0.3, -0.25) is 4.79 Å². The van der Waals surface area contributed by atoms with Crippen LogP contribution in [0, 0.1) is 18.1 Å². The van der Waals surface area contributed by atoms with Gasteiger partial charge < -0.3 is 5.73 Å². The molecule has 0 saturated heterocycles. The molecule has 0 unspecified atom stereocenters. The first-order valence-corrected chi connectivity index (χ1v) is 3.67. The van der Waals surface area contributed by atoms with Gasteiger partial charge in [0.2, 0.25) is 5.91 Å². The summed E-state index contributed by atoms with van der Waals surface area (Å²) in [5.41, 5.74) is 4.62. The van der Waals surface area contributed by atoms with E-state index in [1.165, 1.54) is 6.07 Å². The van der Waals surface area contributed by atoms with Crippen LogP contribution in [0.3, 0.4) is 0 Å². The maximum absolute atomic E-state index is 12.9. The number of amides is 1. The highest BCUT2D eigenvalue weighted by Gasteiger charge is 2.08. The Bertz CT molecular complexity index is 305. The minimum Gasteiger partial charge on any atom is -0.370 e. The number of primary amides is 1. The molecule has 0 aliphatic rings. The topological polar surface area (TPSA) is 43.1 Å². The summed E-state index contributed by atoms with van der Waals surface area (Å²) in [7, 11) is 0. The highest BCUT2D eigenvalue weighted by atomic mass is 19.1.